The van der Waals surface area contributed by atoms with Crippen molar-refractivity contribution in [2.24, 2.45) is 0 Å². The second kappa shape index (κ2) is 5.02. The molecule has 5 heteroatoms. The topological polar surface area (TPSA) is 54.9 Å². The molecule has 100 valence electrons. The van der Waals surface area contributed by atoms with E-state index in [1.807, 2.05) is 6.07 Å². The van der Waals surface area contributed by atoms with Crippen LogP contribution in [-0.2, 0) is 0 Å². The zero-order chi connectivity index (χ0) is 14.1. The molecule has 0 atom stereocenters. The molecule has 20 heavy (non-hydrogen) atoms. The number of rotatable bonds is 2. The summed E-state index contributed by atoms with van der Waals surface area (Å²) < 4.78 is 1.08. The predicted octanol–water partition coefficient (Wildman–Crippen LogP) is 3.56. The van der Waals surface area contributed by atoms with Crippen LogP contribution in [0.5, 0.6) is 0 Å². The van der Waals surface area contributed by atoms with Gasteiger partial charge in [-0.15, -0.1) is 0 Å². The largest absolute Gasteiger partial charge is 0.298 e. The second-order valence-corrected chi connectivity index (χ2v) is 5.65. The number of amides is 1. The number of carbonyl (C=O) groups excluding carboxylic acids is 1. The van der Waals surface area contributed by atoms with Gasteiger partial charge in [-0.2, -0.15) is 0 Å². The Hall–Kier alpha value is -2.27. The predicted molar refractivity (Wildman–Crippen MR) is 81.3 cm³/mol. The summed E-state index contributed by atoms with van der Waals surface area (Å²) in [5.41, 5.74) is 3.87. The molecule has 0 spiro atoms. The fourth-order valence-electron chi connectivity index (χ4n) is 1.90. The number of nitrogens with zero attached hydrogens (tertiary/aromatic N) is 2. The lowest BCUT2D eigenvalue weighted by Gasteiger charge is -1.99. The number of pyridine rings is 1. The minimum Gasteiger partial charge on any atom is -0.298 e. The van der Waals surface area contributed by atoms with Crippen molar-refractivity contribution in [2.45, 2.75) is 13.8 Å². The van der Waals surface area contributed by atoms with Crippen LogP contribution in [0, 0.1) is 13.8 Å². The quantitative estimate of drug-likeness (QED) is 0.782. The van der Waals surface area contributed by atoms with Crippen molar-refractivity contribution in [2.75, 3.05) is 5.32 Å². The minimum atomic E-state index is -0.189. The molecule has 0 saturated carbocycles. The van der Waals surface area contributed by atoms with E-state index in [2.05, 4.69) is 35.2 Å². The van der Waals surface area contributed by atoms with Gasteiger partial charge >= 0.3 is 0 Å². The van der Waals surface area contributed by atoms with Crippen LogP contribution >= 0.6 is 11.3 Å². The first-order valence-electron chi connectivity index (χ1n) is 6.22. The first-order valence-corrected chi connectivity index (χ1v) is 7.04. The molecule has 0 bridgehead atoms. The van der Waals surface area contributed by atoms with Crippen LogP contribution in [0.25, 0.3) is 10.2 Å². The summed E-state index contributed by atoms with van der Waals surface area (Å²) in [6.07, 6.45) is 3.18. The summed E-state index contributed by atoms with van der Waals surface area (Å²) in [6.45, 7) is 4.13. The Morgan fingerprint density at radius 2 is 2.05 bits per heavy atom. The van der Waals surface area contributed by atoms with Gasteiger partial charge in [0.25, 0.3) is 5.91 Å². The smallest absolute Gasteiger partial charge is 0.259 e. The molecule has 4 nitrogen and oxygen atoms in total. The Bertz CT molecular complexity index is 741. The Labute approximate surface area is 120 Å². The Balaban J connectivity index is 1.90. The monoisotopic (exact) mass is 283 g/mol. The molecule has 0 fully saturated rings. The van der Waals surface area contributed by atoms with Gasteiger partial charge in [-0.3, -0.25) is 15.1 Å². The molecule has 0 unspecified atom stereocenters. The van der Waals surface area contributed by atoms with Gasteiger partial charge < -0.3 is 0 Å². The SMILES string of the molecule is Cc1cc2nc(NC(=O)c3cccnc3)sc2cc1C. The van der Waals surface area contributed by atoms with Crippen molar-refractivity contribution in [1.82, 2.24) is 9.97 Å². The number of anilines is 1. The highest BCUT2D eigenvalue weighted by molar-refractivity contribution is 7.22. The lowest BCUT2D eigenvalue weighted by atomic mass is 10.1. The summed E-state index contributed by atoms with van der Waals surface area (Å²) in [6, 6.07) is 7.60. The van der Waals surface area contributed by atoms with Crippen molar-refractivity contribution < 1.29 is 4.79 Å². The van der Waals surface area contributed by atoms with E-state index in [1.54, 1.807) is 18.3 Å². The van der Waals surface area contributed by atoms with Crippen LogP contribution in [0.3, 0.4) is 0 Å². The molecule has 3 aromatic rings. The summed E-state index contributed by atoms with van der Waals surface area (Å²) in [5.74, 6) is -0.189. The van der Waals surface area contributed by atoms with Gasteiger partial charge in [0.1, 0.15) is 0 Å². The maximum Gasteiger partial charge on any atom is 0.259 e. The van der Waals surface area contributed by atoms with Gasteiger partial charge in [0, 0.05) is 12.4 Å². The number of hydrogen-bond donors (Lipinski definition) is 1. The van der Waals surface area contributed by atoms with Crippen molar-refractivity contribution in [3.05, 3.63) is 53.3 Å². The molecule has 0 aliphatic rings. The van der Waals surface area contributed by atoms with E-state index in [1.165, 1.54) is 28.7 Å². The van der Waals surface area contributed by atoms with E-state index in [0.29, 0.717) is 10.7 Å². The number of aromatic nitrogens is 2. The van der Waals surface area contributed by atoms with Crippen LogP contribution in [0.1, 0.15) is 21.5 Å². The van der Waals surface area contributed by atoms with Crippen molar-refractivity contribution >= 4 is 32.6 Å². The standard InChI is InChI=1S/C15H13N3OS/c1-9-6-12-13(7-10(9)2)20-15(17-12)18-14(19)11-4-3-5-16-8-11/h3-8H,1-2H3,(H,17,18,19). The molecule has 0 aliphatic heterocycles. The van der Waals surface area contributed by atoms with E-state index in [4.69, 9.17) is 0 Å². The average molecular weight is 283 g/mol. The summed E-state index contributed by atoms with van der Waals surface area (Å²) in [4.78, 5) is 20.4. The van der Waals surface area contributed by atoms with Gasteiger partial charge in [0.15, 0.2) is 5.13 Å². The number of carbonyl (C=O) groups is 1. The molecule has 0 saturated heterocycles. The molecule has 1 N–H and O–H groups in total. The molecular weight excluding hydrogens is 270 g/mol. The lowest BCUT2D eigenvalue weighted by Crippen LogP contribution is -2.11. The molecule has 1 amide bonds. The lowest BCUT2D eigenvalue weighted by molar-refractivity contribution is 0.102. The number of benzene rings is 1. The number of hydrogen-bond acceptors (Lipinski definition) is 4. The zero-order valence-corrected chi connectivity index (χ0v) is 12.0. The van der Waals surface area contributed by atoms with E-state index in [9.17, 15) is 4.79 Å². The Morgan fingerprint density at radius 1 is 1.25 bits per heavy atom. The van der Waals surface area contributed by atoms with Crippen LogP contribution < -0.4 is 5.32 Å². The Kier molecular flexibility index (Phi) is 3.20. The van der Waals surface area contributed by atoms with Crippen LogP contribution in [-0.4, -0.2) is 15.9 Å². The molecule has 0 aliphatic carbocycles. The molecule has 2 aromatic heterocycles. The second-order valence-electron chi connectivity index (χ2n) is 4.62. The van der Waals surface area contributed by atoms with Gasteiger partial charge in [0.05, 0.1) is 15.8 Å². The van der Waals surface area contributed by atoms with Gasteiger partial charge in [-0.25, -0.2) is 4.98 Å². The molecule has 0 radical (unpaired) electrons. The van der Waals surface area contributed by atoms with E-state index < -0.39 is 0 Å². The van der Waals surface area contributed by atoms with Gasteiger partial charge in [-0.05, 0) is 49.2 Å². The first-order chi connectivity index (χ1) is 9.63. The third-order valence-electron chi connectivity index (χ3n) is 3.15. The van der Waals surface area contributed by atoms with E-state index >= 15 is 0 Å². The number of fused-ring (bicyclic) bond motifs is 1. The maximum atomic E-state index is 12.0. The first kappa shape index (κ1) is 12.7. The van der Waals surface area contributed by atoms with E-state index in [-0.39, 0.29) is 5.91 Å². The molecule has 1 aromatic carbocycles. The summed E-state index contributed by atoms with van der Waals surface area (Å²) in [5, 5.41) is 3.43. The fourth-order valence-corrected chi connectivity index (χ4v) is 2.84. The maximum absolute atomic E-state index is 12.0. The zero-order valence-electron chi connectivity index (χ0n) is 11.2. The third-order valence-corrected chi connectivity index (χ3v) is 4.08. The fraction of sp³-hybridized carbons (Fsp3) is 0.133. The number of thiazole rings is 1. The minimum absolute atomic E-state index is 0.189. The normalized spacial score (nSPS) is 10.7. The summed E-state index contributed by atoms with van der Waals surface area (Å²) in [7, 11) is 0. The average Bonchev–Trinajstić information content (AvgIpc) is 2.81. The summed E-state index contributed by atoms with van der Waals surface area (Å²) >= 11 is 1.48. The molecule has 3 rings (SSSR count). The van der Waals surface area contributed by atoms with E-state index in [0.717, 1.165) is 10.2 Å². The third kappa shape index (κ3) is 2.40. The Morgan fingerprint density at radius 3 is 2.80 bits per heavy atom. The number of nitrogens with one attached hydrogen (secondary N) is 1. The highest BCUT2D eigenvalue weighted by Gasteiger charge is 2.10. The van der Waals surface area contributed by atoms with Gasteiger partial charge in [0.2, 0.25) is 0 Å². The van der Waals surface area contributed by atoms with Gasteiger partial charge in [-0.1, -0.05) is 11.3 Å². The van der Waals surface area contributed by atoms with Crippen molar-refractivity contribution in [3.63, 3.8) is 0 Å². The highest BCUT2D eigenvalue weighted by atomic mass is 32.1. The van der Waals surface area contributed by atoms with Crippen molar-refractivity contribution in [1.29, 1.82) is 0 Å². The highest BCUT2D eigenvalue weighted by Crippen LogP contribution is 2.28. The van der Waals surface area contributed by atoms with Crippen molar-refractivity contribution in [3.8, 4) is 0 Å². The molecule has 2 heterocycles. The van der Waals surface area contributed by atoms with Crippen LogP contribution in [0.15, 0.2) is 36.7 Å². The molecular formula is C15H13N3OS. The van der Waals surface area contributed by atoms with Crippen LogP contribution in [0.4, 0.5) is 5.13 Å². The van der Waals surface area contributed by atoms with Crippen LogP contribution in [0.2, 0.25) is 0 Å². The number of aryl methyl sites for hydroxylation is 2.